The SMILES string of the molecule is O=C(NCC1(F)CN(Cc2ccc(F)c(F)c2)CCO1)Oc1ccc([N+](=O)[O-])cc1. The molecule has 1 amide bonds. The number of morpholine rings is 1. The Kier molecular flexibility index (Phi) is 6.53. The molecular formula is C19H18F3N3O5. The van der Waals surface area contributed by atoms with E-state index >= 15 is 0 Å². The molecule has 2 aromatic carbocycles. The van der Waals surface area contributed by atoms with Crippen molar-refractivity contribution < 1.29 is 32.4 Å². The molecule has 0 radical (unpaired) electrons. The topological polar surface area (TPSA) is 93.9 Å². The summed E-state index contributed by atoms with van der Waals surface area (Å²) in [6, 6.07) is 8.27. The summed E-state index contributed by atoms with van der Waals surface area (Å²) in [6.45, 7) is -0.118. The van der Waals surface area contributed by atoms with Gasteiger partial charge in [0.25, 0.3) is 5.69 Å². The highest BCUT2D eigenvalue weighted by molar-refractivity contribution is 5.70. The number of benzene rings is 2. The lowest BCUT2D eigenvalue weighted by atomic mass is 10.1. The van der Waals surface area contributed by atoms with E-state index in [0.29, 0.717) is 12.1 Å². The van der Waals surface area contributed by atoms with Crippen LogP contribution in [0.4, 0.5) is 23.7 Å². The van der Waals surface area contributed by atoms with Crippen molar-refractivity contribution in [2.24, 2.45) is 0 Å². The molecule has 2 aromatic rings. The zero-order valence-electron chi connectivity index (χ0n) is 15.6. The molecule has 1 saturated heterocycles. The van der Waals surface area contributed by atoms with Crippen molar-refractivity contribution in [2.75, 3.05) is 26.2 Å². The molecule has 1 unspecified atom stereocenters. The largest absolute Gasteiger partial charge is 0.412 e. The summed E-state index contributed by atoms with van der Waals surface area (Å²) in [6.07, 6.45) is -0.956. The van der Waals surface area contributed by atoms with Crippen LogP contribution in [0, 0.1) is 21.7 Å². The Morgan fingerprint density at radius 3 is 2.63 bits per heavy atom. The Hall–Kier alpha value is -3.18. The first-order valence-electron chi connectivity index (χ1n) is 8.93. The molecule has 1 fully saturated rings. The normalized spacial score (nSPS) is 19.3. The first-order valence-corrected chi connectivity index (χ1v) is 8.93. The summed E-state index contributed by atoms with van der Waals surface area (Å²) in [7, 11) is 0. The Balaban J connectivity index is 1.51. The number of hydrogen-bond acceptors (Lipinski definition) is 6. The first kappa shape index (κ1) is 21.5. The molecule has 0 aromatic heterocycles. The molecule has 0 spiro atoms. The van der Waals surface area contributed by atoms with E-state index in [1.807, 2.05) is 0 Å². The van der Waals surface area contributed by atoms with Gasteiger partial charge in [-0.25, -0.2) is 18.0 Å². The summed E-state index contributed by atoms with van der Waals surface area (Å²) in [5, 5.41) is 12.9. The maximum absolute atomic E-state index is 15.0. The van der Waals surface area contributed by atoms with Gasteiger partial charge in [-0.05, 0) is 29.8 Å². The van der Waals surface area contributed by atoms with Crippen LogP contribution < -0.4 is 10.1 Å². The van der Waals surface area contributed by atoms with Crippen LogP contribution >= 0.6 is 0 Å². The number of carbonyl (C=O) groups excluding carboxylic acids is 1. The lowest BCUT2D eigenvalue weighted by Crippen LogP contribution is -2.54. The number of rotatable bonds is 6. The summed E-state index contributed by atoms with van der Waals surface area (Å²) < 4.78 is 51.4. The van der Waals surface area contributed by atoms with E-state index in [2.05, 4.69) is 5.32 Å². The van der Waals surface area contributed by atoms with Crippen molar-refractivity contribution in [3.63, 3.8) is 0 Å². The fraction of sp³-hybridized carbons (Fsp3) is 0.316. The van der Waals surface area contributed by atoms with Gasteiger partial charge in [0.15, 0.2) is 11.6 Å². The van der Waals surface area contributed by atoms with Crippen LogP contribution in [0.3, 0.4) is 0 Å². The van der Waals surface area contributed by atoms with E-state index in [1.54, 1.807) is 4.90 Å². The first-order chi connectivity index (χ1) is 14.2. The number of ether oxygens (including phenoxy) is 2. The number of carbonyl (C=O) groups is 1. The van der Waals surface area contributed by atoms with Gasteiger partial charge in [0.1, 0.15) is 5.75 Å². The van der Waals surface area contributed by atoms with Crippen LogP contribution in [0.5, 0.6) is 5.75 Å². The molecule has 1 atom stereocenters. The molecule has 0 aliphatic carbocycles. The third kappa shape index (κ3) is 5.67. The standard InChI is InChI=1S/C19H18F3N3O5/c20-16-6-1-13(9-17(16)21)10-24-7-8-29-19(22,12-24)11-23-18(26)30-15-4-2-14(3-5-15)25(27)28/h1-6,9H,7-8,10-12H2,(H,23,26). The van der Waals surface area contributed by atoms with Gasteiger partial charge in [0, 0.05) is 25.2 Å². The predicted molar refractivity (Wildman–Crippen MR) is 98.5 cm³/mol. The van der Waals surface area contributed by atoms with Gasteiger partial charge in [-0.3, -0.25) is 15.0 Å². The predicted octanol–water partition coefficient (Wildman–Crippen LogP) is 3.16. The van der Waals surface area contributed by atoms with Crippen LogP contribution in [-0.4, -0.2) is 48.0 Å². The quantitative estimate of drug-likeness (QED) is 0.565. The van der Waals surface area contributed by atoms with Gasteiger partial charge in [0.2, 0.25) is 5.85 Å². The number of amides is 1. The summed E-state index contributed by atoms with van der Waals surface area (Å²) in [4.78, 5) is 23.5. The second kappa shape index (κ2) is 9.09. The lowest BCUT2D eigenvalue weighted by molar-refractivity contribution is -0.384. The molecule has 1 N–H and O–H groups in total. The third-order valence-electron chi connectivity index (χ3n) is 4.37. The van der Waals surface area contributed by atoms with Gasteiger partial charge in [0.05, 0.1) is 24.6 Å². The monoisotopic (exact) mass is 425 g/mol. The zero-order chi connectivity index (χ0) is 21.7. The Bertz CT molecular complexity index is 928. The van der Waals surface area contributed by atoms with E-state index in [0.717, 1.165) is 12.1 Å². The van der Waals surface area contributed by atoms with Gasteiger partial charge in [-0.1, -0.05) is 6.07 Å². The number of hydrogen-bond donors (Lipinski definition) is 1. The highest BCUT2D eigenvalue weighted by Gasteiger charge is 2.37. The van der Waals surface area contributed by atoms with Crippen LogP contribution in [0.2, 0.25) is 0 Å². The summed E-state index contributed by atoms with van der Waals surface area (Å²) >= 11 is 0. The summed E-state index contributed by atoms with van der Waals surface area (Å²) in [5.41, 5.74) is 0.311. The molecule has 8 nitrogen and oxygen atoms in total. The van der Waals surface area contributed by atoms with Crippen LogP contribution in [0.25, 0.3) is 0 Å². The van der Waals surface area contributed by atoms with Crippen molar-refractivity contribution >= 4 is 11.8 Å². The van der Waals surface area contributed by atoms with Gasteiger partial charge >= 0.3 is 6.09 Å². The van der Waals surface area contributed by atoms with E-state index in [1.165, 1.54) is 30.3 Å². The molecule has 0 bridgehead atoms. The number of alkyl halides is 1. The Labute approximate surface area is 169 Å². The second-order valence-electron chi connectivity index (χ2n) is 6.68. The highest BCUT2D eigenvalue weighted by Crippen LogP contribution is 2.22. The van der Waals surface area contributed by atoms with Crippen LogP contribution in [0.1, 0.15) is 5.56 Å². The maximum atomic E-state index is 15.0. The molecule has 1 aliphatic heterocycles. The average molecular weight is 425 g/mol. The molecular weight excluding hydrogens is 407 g/mol. The van der Waals surface area contributed by atoms with Crippen molar-refractivity contribution in [1.82, 2.24) is 10.2 Å². The second-order valence-corrected chi connectivity index (χ2v) is 6.68. The molecule has 0 saturated carbocycles. The number of halogens is 3. The van der Waals surface area contributed by atoms with E-state index < -0.39 is 35.1 Å². The fourth-order valence-corrected chi connectivity index (χ4v) is 2.94. The van der Waals surface area contributed by atoms with E-state index in [4.69, 9.17) is 9.47 Å². The van der Waals surface area contributed by atoms with Crippen LogP contribution in [-0.2, 0) is 11.3 Å². The Morgan fingerprint density at radius 1 is 1.23 bits per heavy atom. The lowest BCUT2D eigenvalue weighted by Gasteiger charge is -2.37. The van der Waals surface area contributed by atoms with E-state index in [-0.39, 0.29) is 31.1 Å². The third-order valence-corrected chi connectivity index (χ3v) is 4.37. The minimum absolute atomic E-state index is 0.0409. The number of nitrogens with zero attached hydrogens (tertiary/aromatic N) is 2. The van der Waals surface area contributed by atoms with Crippen molar-refractivity contribution in [2.45, 2.75) is 12.4 Å². The molecule has 30 heavy (non-hydrogen) atoms. The van der Waals surface area contributed by atoms with E-state index in [9.17, 15) is 28.1 Å². The van der Waals surface area contributed by atoms with Gasteiger partial charge < -0.3 is 14.8 Å². The van der Waals surface area contributed by atoms with Crippen molar-refractivity contribution in [3.05, 3.63) is 69.8 Å². The van der Waals surface area contributed by atoms with Gasteiger partial charge in [-0.2, -0.15) is 0 Å². The van der Waals surface area contributed by atoms with Crippen LogP contribution in [0.15, 0.2) is 42.5 Å². The van der Waals surface area contributed by atoms with Crippen molar-refractivity contribution in [3.8, 4) is 5.75 Å². The van der Waals surface area contributed by atoms with Gasteiger partial charge in [-0.15, -0.1) is 0 Å². The smallest absolute Gasteiger partial charge is 0.410 e. The number of nitro groups is 1. The summed E-state index contributed by atoms with van der Waals surface area (Å²) in [5.74, 6) is -4.10. The highest BCUT2D eigenvalue weighted by atomic mass is 19.2. The Morgan fingerprint density at radius 2 is 1.97 bits per heavy atom. The van der Waals surface area contributed by atoms with Crippen molar-refractivity contribution in [1.29, 1.82) is 0 Å². The maximum Gasteiger partial charge on any atom is 0.412 e. The zero-order valence-corrected chi connectivity index (χ0v) is 15.6. The molecule has 11 heteroatoms. The minimum atomic E-state index is -2.20. The number of non-ortho nitro benzene ring substituents is 1. The number of nitro benzene ring substituents is 1. The minimum Gasteiger partial charge on any atom is -0.410 e. The average Bonchev–Trinajstić information content (AvgIpc) is 2.70. The fourth-order valence-electron chi connectivity index (χ4n) is 2.94. The molecule has 3 rings (SSSR count). The number of nitrogens with one attached hydrogen (secondary N) is 1. The molecule has 1 aliphatic rings. The molecule has 160 valence electrons. The molecule has 1 heterocycles.